The normalized spacial score (nSPS) is 49.3. The highest BCUT2D eigenvalue weighted by molar-refractivity contribution is 4.94. The van der Waals surface area contributed by atoms with Crippen LogP contribution in [-0.4, -0.2) is 115 Å². The van der Waals surface area contributed by atoms with Crippen LogP contribution in [0.5, 0.6) is 0 Å². The Morgan fingerprint density at radius 2 is 1.52 bits per heavy atom. The molecule has 0 spiro atoms. The van der Waals surface area contributed by atoms with Gasteiger partial charge < -0.3 is 55.1 Å². The zero-order valence-electron chi connectivity index (χ0n) is 12.0. The Bertz CT molecular complexity index is 382. The SMILES string of the molecule is OC[C@@H]1O[C@@H](O)[C@@H](O[C@@H]2O[C@@H]([C@@H](O)CO)[C@@H](O)[C@@H]2O)[C@H](O)[C@@H]1O. The molecule has 136 valence electrons. The van der Waals surface area contributed by atoms with Gasteiger partial charge in [-0.2, -0.15) is 0 Å². The summed E-state index contributed by atoms with van der Waals surface area (Å²) in [7, 11) is 0. The van der Waals surface area contributed by atoms with Crippen LogP contribution in [0.1, 0.15) is 0 Å². The summed E-state index contributed by atoms with van der Waals surface area (Å²) in [6.07, 6.45) is -15.3. The zero-order valence-corrected chi connectivity index (χ0v) is 12.0. The Morgan fingerprint density at radius 1 is 0.870 bits per heavy atom. The van der Waals surface area contributed by atoms with E-state index in [0.717, 1.165) is 0 Å². The summed E-state index contributed by atoms with van der Waals surface area (Å²) < 4.78 is 15.1. The molecule has 23 heavy (non-hydrogen) atoms. The number of rotatable bonds is 5. The van der Waals surface area contributed by atoms with Crippen molar-refractivity contribution in [1.29, 1.82) is 0 Å². The molecule has 2 rings (SSSR count). The highest BCUT2D eigenvalue weighted by Crippen LogP contribution is 2.29. The van der Waals surface area contributed by atoms with Gasteiger partial charge in [-0.15, -0.1) is 0 Å². The summed E-state index contributed by atoms with van der Waals surface area (Å²) >= 11 is 0. The second-order valence-electron chi connectivity index (χ2n) is 5.53. The molecule has 0 bridgehead atoms. The summed E-state index contributed by atoms with van der Waals surface area (Å²) in [4.78, 5) is 0. The Balaban J connectivity index is 2.03. The first-order chi connectivity index (χ1) is 10.8. The van der Waals surface area contributed by atoms with Gasteiger partial charge in [0, 0.05) is 0 Å². The monoisotopic (exact) mass is 342 g/mol. The number of hydrogen-bond acceptors (Lipinski definition) is 11. The predicted octanol–water partition coefficient (Wildman–Crippen LogP) is -5.40. The standard InChI is InChI=1S/C12H22O11/c13-1-3(15)9-7(18)8(19)12(22-9)23-10-6(17)5(16)4(2-14)21-11(10)20/h3-20H,1-2H2/t3-,4-,5+,6+,7-,8-,9-,10-,11+,12-/m0/s1. The largest absolute Gasteiger partial charge is 0.394 e. The molecule has 0 aromatic rings. The second kappa shape index (κ2) is 7.63. The van der Waals surface area contributed by atoms with E-state index < -0.39 is 74.6 Å². The predicted molar refractivity (Wildman–Crippen MR) is 68.6 cm³/mol. The lowest BCUT2D eigenvalue weighted by atomic mass is 9.99. The molecule has 0 radical (unpaired) electrons. The van der Waals surface area contributed by atoms with Crippen molar-refractivity contribution in [3.8, 4) is 0 Å². The summed E-state index contributed by atoms with van der Waals surface area (Å²) in [6.45, 7) is -1.37. The van der Waals surface area contributed by atoms with Crippen molar-refractivity contribution in [3.63, 3.8) is 0 Å². The smallest absolute Gasteiger partial charge is 0.187 e. The number of aliphatic hydroxyl groups is 8. The molecule has 2 aliphatic rings. The molecule has 8 N–H and O–H groups in total. The first-order valence-corrected chi connectivity index (χ1v) is 7.08. The van der Waals surface area contributed by atoms with Gasteiger partial charge in [0.1, 0.15) is 48.8 Å². The summed E-state index contributed by atoms with van der Waals surface area (Å²) in [6, 6.07) is 0. The second-order valence-corrected chi connectivity index (χ2v) is 5.53. The average Bonchev–Trinajstić information content (AvgIpc) is 2.82. The van der Waals surface area contributed by atoms with E-state index in [0.29, 0.717) is 0 Å². The van der Waals surface area contributed by atoms with Crippen LogP contribution < -0.4 is 0 Å². The van der Waals surface area contributed by atoms with E-state index in [2.05, 4.69) is 0 Å². The molecule has 2 aliphatic heterocycles. The molecule has 11 nitrogen and oxygen atoms in total. The first-order valence-electron chi connectivity index (χ1n) is 7.08. The zero-order chi connectivity index (χ0) is 17.3. The van der Waals surface area contributed by atoms with Crippen LogP contribution >= 0.6 is 0 Å². The van der Waals surface area contributed by atoms with E-state index in [1.165, 1.54) is 0 Å². The fourth-order valence-corrected chi connectivity index (χ4v) is 2.58. The van der Waals surface area contributed by atoms with Gasteiger partial charge in [0.15, 0.2) is 12.6 Å². The molecule has 0 amide bonds. The molecule has 0 aromatic carbocycles. The van der Waals surface area contributed by atoms with Crippen LogP contribution in [0.3, 0.4) is 0 Å². The van der Waals surface area contributed by atoms with Gasteiger partial charge in [0.25, 0.3) is 0 Å². The molecule has 2 fully saturated rings. The molecular weight excluding hydrogens is 320 g/mol. The minimum atomic E-state index is -1.74. The van der Waals surface area contributed by atoms with Crippen molar-refractivity contribution in [2.24, 2.45) is 0 Å². The highest BCUT2D eigenvalue weighted by atomic mass is 16.7. The molecule has 10 atom stereocenters. The Morgan fingerprint density at radius 3 is 2.09 bits per heavy atom. The molecule has 0 aromatic heterocycles. The van der Waals surface area contributed by atoms with Crippen LogP contribution in [0.2, 0.25) is 0 Å². The van der Waals surface area contributed by atoms with Crippen molar-refractivity contribution in [2.45, 2.75) is 61.4 Å². The van der Waals surface area contributed by atoms with Crippen LogP contribution in [-0.2, 0) is 14.2 Å². The van der Waals surface area contributed by atoms with Gasteiger partial charge in [-0.05, 0) is 0 Å². The maximum atomic E-state index is 9.93. The van der Waals surface area contributed by atoms with E-state index in [9.17, 15) is 30.6 Å². The summed E-state index contributed by atoms with van der Waals surface area (Å²) in [5.74, 6) is 0. The lowest BCUT2D eigenvalue weighted by Crippen LogP contribution is -2.60. The minimum Gasteiger partial charge on any atom is -0.394 e. The van der Waals surface area contributed by atoms with Crippen LogP contribution in [0.4, 0.5) is 0 Å². The third-order valence-corrected chi connectivity index (χ3v) is 3.96. The Kier molecular flexibility index (Phi) is 6.27. The molecule has 2 saturated heterocycles. The number of hydrogen-bond donors (Lipinski definition) is 8. The molecule has 0 aliphatic carbocycles. The maximum Gasteiger partial charge on any atom is 0.187 e. The van der Waals surface area contributed by atoms with Crippen molar-refractivity contribution >= 4 is 0 Å². The van der Waals surface area contributed by atoms with Crippen molar-refractivity contribution < 1.29 is 55.1 Å². The molecular formula is C12H22O11. The maximum absolute atomic E-state index is 9.93. The molecule has 0 unspecified atom stereocenters. The quantitative estimate of drug-likeness (QED) is 0.238. The van der Waals surface area contributed by atoms with E-state index in [-0.39, 0.29) is 0 Å². The van der Waals surface area contributed by atoms with Crippen molar-refractivity contribution in [1.82, 2.24) is 0 Å². The fraction of sp³-hybridized carbons (Fsp3) is 1.00. The number of ether oxygens (including phenoxy) is 3. The van der Waals surface area contributed by atoms with Gasteiger partial charge in [-0.25, -0.2) is 0 Å². The van der Waals surface area contributed by atoms with E-state index in [1.807, 2.05) is 0 Å². The molecule has 2 heterocycles. The van der Waals surface area contributed by atoms with Crippen molar-refractivity contribution in [3.05, 3.63) is 0 Å². The lowest BCUT2D eigenvalue weighted by molar-refractivity contribution is -0.328. The van der Waals surface area contributed by atoms with Crippen LogP contribution in [0.25, 0.3) is 0 Å². The van der Waals surface area contributed by atoms with Crippen LogP contribution in [0, 0.1) is 0 Å². The van der Waals surface area contributed by atoms with E-state index in [1.54, 1.807) is 0 Å². The van der Waals surface area contributed by atoms with Crippen LogP contribution in [0.15, 0.2) is 0 Å². The van der Waals surface area contributed by atoms with E-state index >= 15 is 0 Å². The van der Waals surface area contributed by atoms with Gasteiger partial charge >= 0.3 is 0 Å². The minimum absolute atomic E-state index is 0.645. The highest BCUT2D eigenvalue weighted by Gasteiger charge is 2.51. The lowest BCUT2D eigenvalue weighted by Gasteiger charge is -2.40. The molecule has 0 saturated carbocycles. The third kappa shape index (κ3) is 3.65. The Labute approximate surface area is 130 Å². The Hall–Kier alpha value is -0.440. The average molecular weight is 342 g/mol. The van der Waals surface area contributed by atoms with Crippen molar-refractivity contribution in [2.75, 3.05) is 13.2 Å². The fourth-order valence-electron chi connectivity index (χ4n) is 2.58. The first kappa shape index (κ1) is 18.9. The van der Waals surface area contributed by atoms with Gasteiger partial charge in [0.2, 0.25) is 0 Å². The van der Waals surface area contributed by atoms with Gasteiger partial charge in [-0.3, -0.25) is 0 Å². The molecule has 11 heteroatoms. The summed E-state index contributed by atoms with van der Waals surface area (Å²) in [5, 5.41) is 76.4. The van der Waals surface area contributed by atoms with E-state index in [4.69, 9.17) is 24.4 Å². The topological polar surface area (TPSA) is 190 Å². The van der Waals surface area contributed by atoms with Gasteiger partial charge in [-0.1, -0.05) is 0 Å². The summed E-state index contributed by atoms with van der Waals surface area (Å²) in [5.41, 5.74) is 0. The van der Waals surface area contributed by atoms with Gasteiger partial charge in [0.05, 0.1) is 13.2 Å². The number of aliphatic hydroxyl groups excluding tert-OH is 8. The third-order valence-electron chi connectivity index (χ3n) is 3.96.